The smallest absolute Gasteiger partial charge is 0.117 e. The Morgan fingerprint density at radius 2 is 2.33 bits per heavy atom. The highest BCUT2D eigenvalue weighted by Crippen LogP contribution is 2.37. The van der Waals surface area contributed by atoms with Crippen molar-refractivity contribution in [2.45, 2.75) is 17.2 Å². The Bertz CT molecular complexity index is 597. The molecule has 3 heterocycles. The van der Waals surface area contributed by atoms with Gasteiger partial charge < -0.3 is 9.84 Å². The fourth-order valence-electron chi connectivity index (χ4n) is 1.98. The Morgan fingerprint density at radius 3 is 3.06 bits per heavy atom. The van der Waals surface area contributed by atoms with Crippen LogP contribution in [0.25, 0.3) is 10.9 Å². The van der Waals surface area contributed by atoms with E-state index in [1.165, 1.54) is 0 Å². The first-order chi connectivity index (χ1) is 8.83. The molecule has 3 rings (SSSR count). The zero-order chi connectivity index (χ0) is 12.5. The second-order valence-corrected chi connectivity index (χ2v) is 5.61. The van der Waals surface area contributed by atoms with Crippen LogP contribution in [-0.4, -0.2) is 34.0 Å². The molecule has 0 spiro atoms. The second kappa shape index (κ2) is 4.97. The molecule has 0 unspecified atom stereocenters. The number of rotatable bonds is 3. The Balaban J connectivity index is 2.01. The summed E-state index contributed by atoms with van der Waals surface area (Å²) in [7, 11) is 0. The van der Waals surface area contributed by atoms with E-state index < -0.39 is 0 Å². The van der Waals surface area contributed by atoms with Crippen molar-refractivity contribution < 1.29 is 9.84 Å². The van der Waals surface area contributed by atoms with Gasteiger partial charge in [0.1, 0.15) is 23.6 Å². The van der Waals surface area contributed by atoms with Gasteiger partial charge in [-0.25, -0.2) is 9.97 Å². The number of aromatic nitrogens is 2. The summed E-state index contributed by atoms with van der Waals surface area (Å²) in [6.45, 7) is 0.0152. The van der Waals surface area contributed by atoms with Crippen LogP contribution in [-0.2, 0) is 4.74 Å². The number of aliphatic hydroxyl groups excluding tert-OH is 1. The van der Waals surface area contributed by atoms with Gasteiger partial charge in [0, 0.05) is 10.8 Å². The van der Waals surface area contributed by atoms with Gasteiger partial charge in [0.05, 0.1) is 17.0 Å². The van der Waals surface area contributed by atoms with Crippen molar-refractivity contribution >= 4 is 34.0 Å². The van der Waals surface area contributed by atoms with E-state index >= 15 is 0 Å². The molecule has 2 aromatic rings. The Morgan fingerprint density at radius 1 is 1.44 bits per heavy atom. The molecular weight excluding hydrogens is 268 g/mol. The lowest BCUT2D eigenvalue weighted by Gasteiger charge is -2.10. The molecule has 0 amide bonds. The predicted molar refractivity (Wildman–Crippen MR) is 73.0 cm³/mol. The molecule has 18 heavy (non-hydrogen) atoms. The maximum absolute atomic E-state index is 9.07. The Labute approximate surface area is 113 Å². The lowest BCUT2D eigenvalue weighted by Crippen LogP contribution is -2.11. The summed E-state index contributed by atoms with van der Waals surface area (Å²) in [4.78, 5) is 9.69. The van der Waals surface area contributed by atoms with Gasteiger partial charge in [-0.2, -0.15) is 0 Å². The highest BCUT2D eigenvalue weighted by molar-refractivity contribution is 7.98. The fraction of sp³-hybridized carbons (Fsp3) is 0.333. The molecule has 0 radical (unpaired) electrons. The van der Waals surface area contributed by atoms with Crippen molar-refractivity contribution in [3.8, 4) is 0 Å². The van der Waals surface area contributed by atoms with Crippen LogP contribution >= 0.6 is 23.1 Å². The SMILES string of the molecule is CSc1ncnc2c([C@H]3C=C[C@@H](CO)O3)scc12. The van der Waals surface area contributed by atoms with E-state index in [9.17, 15) is 0 Å². The van der Waals surface area contributed by atoms with E-state index in [1.807, 2.05) is 18.4 Å². The third-order valence-corrected chi connectivity index (χ3v) is 4.58. The maximum atomic E-state index is 9.07. The average molecular weight is 280 g/mol. The second-order valence-electron chi connectivity index (χ2n) is 3.91. The van der Waals surface area contributed by atoms with E-state index in [2.05, 4.69) is 15.3 Å². The molecule has 0 saturated carbocycles. The van der Waals surface area contributed by atoms with Crippen molar-refractivity contribution in [1.29, 1.82) is 0 Å². The van der Waals surface area contributed by atoms with E-state index in [-0.39, 0.29) is 18.8 Å². The van der Waals surface area contributed by atoms with Gasteiger partial charge in [0.15, 0.2) is 0 Å². The zero-order valence-electron chi connectivity index (χ0n) is 9.74. The normalized spacial score (nSPS) is 23.0. The number of thiophene rings is 1. The van der Waals surface area contributed by atoms with Crippen molar-refractivity contribution in [3.05, 3.63) is 28.7 Å². The molecule has 0 bridgehead atoms. The predicted octanol–water partition coefficient (Wildman–Crippen LogP) is 2.40. The first-order valence-corrected chi connectivity index (χ1v) is 7.64. The van der Waals surface area contributed by atoms with Crippen molar-refractivity contribution in [2.24, 2.45) is 0 Å². The van der Waals surface area contributed by atoms with Gasteiger partial charge in [0.2, 0.25) is 0 Å². The number of hydrogen-bond acceptors (Lipinski definition) is 6. The molecular formula is C12H12N2O2S2. The summed E-state index contributed by atoms with van der Waals surface area (Å²) in [6, 6.07) is 0. The molecule has 2 aromatic heterocycles. The molecule has 2 atom stereocenters. The molecule has 0 fully saturated rings. The lowest BCUT2D eigenvalue weighted by atomic mass is 10.2. The molecule has 0 saturated heterocycles. The van der Waals surface area contributed by atoms with Crippen LogP contribution in [0.15, 0.2) is 28.9 Å². The minimum absolute atomic E-state index is 0.0152. The number of hydrogen-bond donors (Lipinski definition) is 1. The molecule has 1 aliphatic heterocycles. The van der Waals surface area contributed by atoms with Gasteiger partial charge in [-0.1, -0.05) is 12.2 Å². The van der Waals surface area contributed by atoms with Gasteiger partial charge in [-0.15, -0.1) is 23.1 Å². The summed E-state index contributed by atoms with van der Waals surface area (Å²) < 4.78 is 5.72. The molecule has 1 N–H and O–H groups in total. The molecule has 6 heteroatoms. The minimum Gasteiger partial charge on any atom is -0.393 e. The molecule has 94 valence electrons. The zero-order valence-corrected chi connectivity index (χ0v) is 11.4. The van der Waals surface area contributed by atoms with Crippen LogP contribution in [0.2, 0.25) is 0 Å². The van der Waals surface area contributed by atoms with Gasteiger partial charge >= 0.3 is 0 Å². The third-order valence-electron chi connectivity index (χ3n) is 2.84. The summed E-state index contributed by atoms with van der Waals surface area (Å²) in [6.07, 6.45) is 7.17. The average Bonchev–Trinajstić information content (AvgIpc) is 3.03. The summed E-state index contributed by atoms with van der Waals surface area (Å²) >= 11 is 3.24. The highest BCUT2D eigenvalue weighted by Gasteiger charge is 2.24. The maximum Gasteiger partial charge on any atom is 0.117 e. The molecule has 0 aliphatic carbocycles. The molecule has 0 aromatic carbocycles. The minimum atomic E-state index is -0.200. The van der Waals surface area contributed by atoms with E-state index in [1.54, 1.807) is 29.4 Å². The van der Waals surface area contributed by atoms with E-state index in [0.29, 0.717) is 0 Å². The standard InChI is InChI=1S/C12H12N2O2S2/c1-17-12-8-5-18-11(10(8)13-6-14-12)9-3-2-7(4-15)16-9/h2-3,5-7,9,15H,4H2,1H3/t7-,9+/m0/s1. The van der Waals surface area contributed by atoms with Gasteiger partial charge in [-0.3, -0.25) is 0 Å². The number of aliphatic hydroxyl groups is 1. The number of fused-ring (bicyclic) bond motifs is 1. The fourth-order valence-corrected chi connectivity index (χ4v) is 3.59. The topological polar surface area (TPSA) is 55.2 Å². The van der Waals surface area contributed by atoms with Crippen LogP contribution in [0.5, 0.6) is 0 Å². The van der Waals surface area contributed by atoms with Crippen LogP contribution < -0.4 is 0 Å². The number of thioether (sulfide) groups is 1. The summed E-state index contributed by atoms with van der Waals surface area (Å²) in [5.41, 5.74) is 0.951. The van der Waals surface area contributed by atoms with Gasteiger partial charge in [0.25, 0.3) is 0 Å². The van der Waals surface area contributed by atoms with Crippen molar-refractivity contribution in [3.63, 3.8) is 0 Å². The first-order valence-electron chi connectivity index (χ1n) is 5.54. The van der Waals surface area contributed by atoms with Crippen molar-refractivity contribution in [2.75, 3.05) is 12.9 Å². The highest BCUT2D eigenvalue weighted by atomic mass is 32.2. The van der Waals surface area contributed by atoms with E-state index in [0.717, 1.165) is 20.8 Å². The van der Waals surface area contributed by atoms with Crippen LogP contribution in [0.3, 0.4) is 0 Å². The largest absolute Gasteiger partial charge is 0.393 e. The van der Waals surface area contributed by atoms with Crippen LogP contribution in [0, 0.1) is 0 Å². The van der Waals surface area contributed by atoms with Crippen LogP contribution in [0.1, 0.15) is 11.0 Å². The number of ether oxygens (including phenoxy) is 1. The number of nitrogens with zero attached hydrogens (tertiary/aromatic N) is 2. The Kier molecular flexibility index (Phi) is 3.34. The monoisotopic (exact) mass is 280 g/mol. The first kappa shape index (κ1) is 12.1. The van der Waals surface area contributed by atoms with Gasteiger partial charge in [-0.05, 0) is 6.26 Å². The third kappa shape index (κ3) is 1.95. The molecule has 4 nitrogen and oxygen atoms in total. The Hall–Kier alpha value is -0.950. The van der Waals surface area contributed by atoms with Crippen LogP contribution in [0.4, 0.5) is 0 Å². The summed E-state index contributed by atoms with van der Waals surface area (Å²) in [5.74, 6) is 0. The summed E-state index contributed by atoms with van der Waals surface area (Å²) in [5, 5.41) is 13.2. The van der Waals surface area contributed by atoms with E-state index in [4.69, 9.17) is 9.84 Å². The quantitative estimate of drug-likeness (QED) is 0.531. The van der Waals surface area contributed by atoms with Crippen molar-refractivity contribution in [1.82, 2.24) is 9.97 Å². The molecule has 1 aliphatic rings. The lowest BCUT2D eigenvalue weighted by molar-refractivity contribution is 0.0271.